The van der Waals surface area contributed by atoms with Crippen LogP contribution in [0.1, 0.15) is 27.2 Å². The minimum Gasteiger partial charge on any atom is -0.370 e. The van der Waals surface area contributed by atoms with Crippen molar-refractivity contribution in [3.63, 3.8) is 0 Å². The van der Waals surface area contributed by atoms with Crippen LogP contribution in [0.25, 0.3) is 0 Å². The number of rotatable bonds is 4. The SMILES string of the molecule is CC(CC(N)=O)NC1CSC1(C)C. The van der Waals surface area contributed by atoms with Crippen LogP contribution in [0.2, 0.25) is 0 Å². The number of thioether (sulfide) groups is 1. The van der Waals surface area contributed by atoms with Crippen LogP contribution in [-0.2, 0) is 4.79 Å². The van der Waals surface area contributed by atoms with Gasteiger partial charge in [0.15, 0.2) is 0 Å². The second-order valence-electron chi connectivity index (χ2n) is 4.21. The average Bonchev–Trinajstić information content (AvgIpc) is 1.97. The first-order valence-electron chi connectivity index (χ1n) is 4.60. The van der Waals surface area contributed by atoms with Crippen LogP contribution in [0.5, 0.6) is 0 Å². The highest BCUT2D eigenvalue weighted by molar-refractivity contribution is 8.02. The van der Waals surface area contributed by atoms with Crippen LogP contribution in [0.15, 0.2) is 0 Å². The van der Waals surface area contributed by atoms with Gasteiger partial charge in [-0.15, -0.1) is 0 Å². The lowest BCUT2D eigenvalue weighted by Crippen LogP contribution is -2.57. The summed E-state index contributed by atoms with van der Waals surface area (Å²) in [7, 11) is 0. The van der Waals surface area contributed by atoms with Gasteiger partial charge >= 0.3 is 0 Å². The molecule has 1 aliphatic rings. The van der Waals surface area contributed by atoms with Crippen molar-refractivity contribution in [2.24, 2.45) is 5.73 Å². The van der Waals surface area contributed by atoms with E-state index in [1.807, 2.05) is 18.7 Å². The number of amides is 1. The van der Waals surface area contributed by atoms with E-state index in [4.69, 9.17) is 5.73 Å². The Balaban J connectivity index is 2.28. The summed E-state index contributed by atoms with van der Waals surface area (Å²) in [5.41, 5.74) is 5.11. The molecule has 3 nitrogen and oxygen atoms in total. The number of nitrogens with one attached hydrogen (secondary N) is 1. The van der Waals surface area contributed by atoms with E-state index >= 15 is 0 Å². The summed E-state index contributed by atoms with van der Waals surface area (Å²) in [6, 6.07) is 0.717. The normalized spacial score (nSPS) is 27.8. The van der Waals surface area contributed by atoms with Crippen LogP contribution in [0, 0.1) is 0 Å². The van der Waals surface area contributed by atoms with Crippen LogP contribution in [-0.4, -0.2) is 28.5 Å². The van der Waals surface area contributed by atoms with Crippen molar-refractivity contribution in [3.05, 3.63) is 0 Å². The molecule has 0 aromatic rings. The largest absolute Gasteiger partial charge is 0.370 e. The molecule has 0 aromatic carbocycles. The predicted octanol–water partition coefficient (Wildman–Crippen LogP) is 0.734. The fraction of sp³-hybridized carbons (Fsp3) is 0.889. The summed E-state index contributed by atoms with van der Waals surface area (Å²) < 4.78 is 0.311. The van der Waals surface area contributed by atoms with Gasteiger partial charge in [-0.25, -0.2) is 0 Å². The molecule has 1 aliphatic heterocycles. The molecule has 1 saturated heterocycles. The topological polar surface area (TPSA) is 55.1 Å². The molecule has 76 valence electrons. The Morgan fingerprint density at radius 2 is 2.38 bits per heavy atom. The Labute approximate surface area is 83.8 Å². The zero-order chi connectivity index (χ0) is 10.1. The highest BCUT2D eigenvalue weighted by atomic mass is 32.2. The predicted molar refractivity (Wildman–Crippen MR) is 56.7 cm³/mol. The highest BCUT2D eigenvalue weighted by Crippen LogP contribution is 2.40. The van der Waals surface area contributed by atoms with Crippen LogP contribution in [0.4, 0.5) is 0 Å². The Hall–Kier alpha value is -0.220. The van der Waals surface area contributed by atoms with E-state index in [2.05, 4.69) is 19.2 Å². The van der Waals surface area contributed by atoms with E-state index in [1.165, 1.54) is 0 Å². The number of primary amides is 1. The Morgan fingerprint density at radius 3 is 2.69 bits per heavy atom. The smallest absolute Gasteiger partial charge is 0.218 e. The van der Waals surface area contributed by atoms with E-state index in [0.717, 1.165) is 5.75 Å². The molecule has 0 radical (unpaired) electrons. The molecule has 1 amide bonds. The molecule has 3 N–H and O–H groups in total. The third kappa shape index (κ3) is 2.88. The molecule has 13 heavy (non-hydrogen) atoms. The van der Waals surface area contributed by atoms with Gasteiger partial charge in [0, 0.05) is 29.0 Å². The Kier molecular flexibility index (Phi) is 3.24. The molecule has 0 aromatic heterocycles. The Bertz CT molecular complexity index is 206. The Morgan fingerprint density at radius 1 is 1.77 bits per heavy atom. The minimum atomic E-state index is -0.232. The lowest BCUT2D eigenvalue weighted by molar-refractivity contribution is -0.118. The molecule has 1 rings (SSSR count). The second kappa shape index (κ2) is 3.88. The third-order valence-electron chi connectivity index (χ3n) is 2.45. The first kappa shape index (κ1) is 10.9. The van der Waals surface area contributed by atoms with Gasteiger partial charge in [0.25, 0.3) is 0 Å². The lowest BCUT2D eigenvalue weighted by atomic mass is 10.0. The summed E-state index contributed by atoms with van der Waals surface area (Å²) >= 11 is 1.95. The van der Waals surface area contributed by atoms with Crippen molar-refractivity contribution in [1.29, 1.82) is 0 Å². The molecule has 0 bridgehead atoms. The second-order valence-corrected chi connectivity index (χ2v) is 5.88. The van der Waals surface area contributed by atoms with E-state index in [1.54, 1.807) is 0 Å². The van der Waals surface area contributed by atoms with Gasteiger partial charge in [-0.3, -0.25) is 4.79 Å². The maximum atomic E-state index is 10.6. The molecule has 1 fully saturated rings. The number of hydrogen-bond acceptors (Lipinski definition) is 3. The molecule has 1 heterocycles. The maximum Gasteiger partial charge on any atom is 0.218 e. The zero-order valence-corrected chi connectivity index (χ0v) is 9.28. The standard InChI is InChI=1S/C9H18N2OS/c1-6(4-8(10)12)11-7-5-13-9(7,2)3/h6-7,11H,4-5H2,1-3H3,(H2,10,12). The molecule has 0 spiro atoms. The maximum absolute atomic E-state index is 10.6. The first-order chi connectivity index (χ1) is 5.92. The van der Waals surface area contributed by atoms with E-state index in [9.17, 15) is 4.79 Å². The summed E-state index contributed by atoms with van der Waals surface area (Å²) in [4.78, 5) is 10.6. The number of nitrogens with two attached hydrogens (primary N) is 1. The van der Waals surface area contributed by atoms with E-state index in [-0.39, 0.29) is 11.9 Å². The van der Waals surface area contributed by atoms with Crippen molar-refractivity contribution in [3.8, 4) is 0 Å². The van der Waals surface area contributed by atoms with Crippen molar-refractivity contribution in [2.45, 2.75) is 44.0 Å². The van der Waals surface area contributed by atoms with E-state index in [0.29, 0.717) is 17.2 Å². The van der Waals surface area contributed by atoms with Crippen LogP contribution < -0.4 is 11.1 Å². The highest BCUT2D eigenvalue weighted by Gasteiger charge is 2.39. The van der Waals surface area contributed by atoms with Crippen LogP contribution >= 0.6 is 11.8 Å². The van der Waals surface area contributed by atoms with Crippen LogP contribution in [0.3, 0.4) is 0 Å². The summed E-state index contributed by atoms with van der Waals surface area (Å²) in [5.74, 6) is 0.903. The first-order valence-corrected chi connectivity index (χ1v) is 5.58. The monoisotopic (exact) mass is 202 g/mol. The van der Waals surface area contributed by atoms with Gasteiger partial charge < -0.3 is 11.1 Å². The summed E-state index contributed by atoms with van der Waals surface area (Å²) in [6.07, 6.45) is 0.428. The van der Waals surface area contributed by atoms with Crippen molar-refractivity contribution in [2.75, 3.05) is 5.75 Å². The average molecular weight is 202 g/mol. The molecule has 2 unspecified atom stereocenters. The number of carbonyl (C=O) groups excluding carboxylic acids is 1. The quantitative estimate of drug-likeness (QED) is 0.707. The van der Waals surface area contributed by atoms with Gasteiger partial charge in [-0.2, -0.15) is 11.8 Å². The van der Waals surface area contributed by atoms with Gasteiger partial charge in [0.05, 0.1) is 0 Å². The fourth-order valence-corrected chi connectivity index (χ4v) is 2.62. The van der Waals surface area contributed by atoms with Crippen molar-refractivity contribution < 1.29 is 4.79 Å². The van der Waals surface area contributed by atoms with Gasteiger partial charge in [-0.1, -0.05) is 0 Å². The molecule has 2 atom stereocenters. The number of carbonyl (C=O) groups is 1. The third-order valence-corrected chi connectivity index (χ3v) is 3.98. The lowest BCUT2D eigenvalue weighted by Gasteiger charge is -2.45. The van der Waals surface area contributed by atoms with Gasteiger partial charge in [-0.05, 0) is 20.8 Å². The summed E-state index contributed by atoms with van der Waals surface area (Å²) in [5, 5.41) is 3.42. The zero-order valence-electron chi connectivity index (χ0n) is 8.46. The molecular formula is C9H18N2OS. The van der Waals surface area contributed by atoms with Gasteiger partial charge in [0.1, 0.15) is 0 Å². The number of hydrogen-bond donors (Lipinski definition) is 2. The molecule has 0 saturated carbocycles. The van der Waals surface area contributed by atoms with Crippen molar-refractivity contribution >= 4 is 17.7 Å². The molecule has 4 heteroatoms. The molecule has 0 aliphatic carbocycles. The summed E-state index contributed by atoms with van der Waals surface area (Å²) in [6.45, 7) is 6.44. The van der Waals surface area contributed by atoms with Gasteiger partial charge in [0.2, 0.25) is 5.91 Å². The fourth-order valence-electron chi connectivity index (χ4n) is 1.45. The minimum absolute atomic E-state index is 0.197. The van der Waals surface area contributed by atoms with E-state index < -0.39 is 0 Å². The van der Waals surface area contributed by atoms with Crippen molar-refractivity contribution in [1.82, 2.24) is 5.32 Å². The molecular weight excluding hydrogens is 184 g/mol.